The summed E-state index contributed by atoms with van der Waals surface area (Å²) in [5.74, 6) is 2.19. The predicted molar refractivity (Wildman–Crippen MR) is 127 cm³/mol. The van der Waals surface area contributed by atoms with Crippen molar-refractivity contribution in [2.75, 3.05) is 44.8 Å². The van der Waals surface area contributed by atoms with Gasteiger partial charge in [-0.05, 0) is 31.2 Å². The summed E-state index contributed by atoms with van der Waals surface area (Å²) in [6, 6.07) is 11.8. The highest BCUT2D eigenvalue weighted by Gasteiger charge is 2.14. The van der Waals surface area contributed by atoms with Gasteiger partial charge in [0, 0.05) is 55.9 Å². The van der Waals surface area contributed by atoms with Crippen molar-refractivity contribution in [3.05, 3.63) is 55.0 Å². The second kappa shape index (κ2) is 9.93. The molecule has 33 heavy (non-hydrogen) atoms. The molecule has 0 amide bonds. The standard InChI is InChI=1S/C24H27N7O2/c1-2-31-22(18-6-8-25-9-7-18)28-21-17-26-24(29-23(21)31)27-19-4-3-5-20(16-19)33-15-12-30-10-13-32-14-11-30/h3-9,16-17H,2,10-15H2,1H3,(H,26,27,29). The van der Waals surface area contributed by atoms with Crippen LogP contribution in [-0.2, 0) is 11.3 Å². The average molecular weight is 446 g/mol. The number of pyridine rings is 1. The van der Waals surface area contributed by atoms with Crippen molar-refractivity contribution in [1.29, 1.82) is 0 Å². The Hall–Kier alpha value is -3.56. The highest BCUT2D eigenvalue weighted by molar-refractivity contribution is 5.77. The molecule has 1 aliphatic rings. The molecule has 1 aliphatic heterocycles. The van der Waals surface area contributed by atoms with E-state index >= 15 is 0 Å². The fourth-order valence-electron chi connectivity index (χ4n) is 3.91. The summed E-state index contributed by atoms with van der Waals surface area (Å²) in [6.07, 6.45) is 5.29. The van der Waals surface area contributed by atoms with Crippen LogP contribution in [0.15, 0.2) is 55.0 Å². The first kappa shape index (κ1) is 21.3. The fourth-order valence-corrected chi connectivity index (χ4v) is 3.91. The van der Waals surface area contributed by atoms with Gasteiger partial charge in [0.15, 0.2) is 5.65 Å². The monoisotopic (exact) mass is 445 g/mol. The Bertz CT molecular complexity index is 1210. The first-order chi connectivity index (χ1) is 16.3. The Kier molecular flexibility index (Phi) is 6.41. The molecule has 1 fully saturated rings. The topological polar surface area (TPSA) is 90.2 Å². The van der Waals surface area contributed by atoms with E-state index in [0.29, 0.717) is 12.6 Å². The third-order valence-electron chi connectivity index (χ3n) is 5.61. The molecule has 1 saturated heterocycles. The van der Waals surface area contributed by atoms with E-state index in [1.54, 1.807) is 18.6 Å². The van der Waals surface area contributed by atoms with E-state index in [9.17, 15) is 0 Å². The molecule has 5 rings (SSSR count). The van der Waals surface area contributed by atoms with E-state index in [2.05, 4.69) is 31.7 Å². The van der Waals surface area contributed by atoms with Gasteiger partial charge >= 0.3 is 0 Å². The number of ether oxygens (including phenoxy) is 2. The Labute approximate surface area is 192 Å². The van der Waals surface area contributed by atoms with Crippen LogP contribution in [0.1, 0.15) is 6.92 Å². The fraction of sp³-hybridized carbons (Fsp3) is 0.333. The van der Waals surface area contributed by atoms with Crippen LogP contribution in [0.5, 0.6) is 5.75 Å². The van der Waals surface area contributed by atoms with E-state index < -0.39 is 0 Å². The minimum Gasteiger partial charge on any atom is -0.492 e. The second-order valence-corrected chi connectivity index (χ2v) is 7.77. The van der Waals surface area contributed by atoms with Crippen molar-refractivity contribution in [3.8, 4) is 17.1 Å². The zero-order valence-corrected chi connectivity index (χ0v) is 18.6. The number of nitrogens with one attached hydrogen (secondary N) is 1. The number of aromatic nitrogens is 5. The lowest BCUT2D eigenvalue weighted by Gasteiger charge is -2.26. The maximum absolute atomic E-state index is 5.96. The molecule has 0 atom stereocenters. The van der Waals surface area contributed by atoms with Crippen molar-refractivity contribution in [1.82, 2.24) is 29.4 Å². The zero-order chi connectivity index (χ0) is 22.5. The SMILES string of the molecule is CCn1c(-c2ccncc2)nc2cnc(Nc3cccc(OCCN4CCOCC4)c3)nc21. The summed E-state index contributed by atoms with van der Waals surface area (Å²) in [5.41, 5.74) is 3.42. The highest BCUT2D eigenvalue weighted by Crippen LogP contribution is 2.25. The number of hydrogen-bond acceptors (Lipinski definition) is 8. The lowest BCUT2D eigenvalue weighted by molar-refractivity contribution is 0.0322. The van der Waals surface area contributed by atoms with Gasteiger partial charge in [-0.25, -0.2) is 9.97 Å². The molecule has 0 spiro atoms. The third-order valence-corrected chi connectivity index (χ3v) is 5.61. The van der Waals surface area contributed by atoms with E-state index in [1.165, 1.54) is 0 Å². The number of aryl methyl sites for hydroxylation is 1. The minimum atomic E-state index is 0.517. The summed E-state index contributed by atoms with van der Waals surface area (Å²) in [6.45, 7) is 7.87. The number of benzene rings is 1. The zero-order valence-electron chi connectivity index (χ0n) is 18.6. The normalized spacial score (nSPS) is 14.5. The van der Waals surface area contributed by atoms with Crippen LogP contribution >= 0.6 is 0 Å². The molecule has 170 valence electrons. The number of hydrogen-bond donors (Lipinski definition) is 1. The summed E-state index contributed by atoms with van der Waals surface area (Å²) < 4.78 is 13.4. The van der Waals surface area contributed by atoms with Gasteiger partial charge in [-0.2, -0.15) is 4.98 Å². The lowest BCUT2D eigenvalue weighted by Crippen LogP contribution is -2.38. The maximum Gasteiger partial charge on any atom is 0.229 e. The number of fused-ring (bicyclic) bond motifs is 1. The molecular formula is C24H27N7O2. The molecule has 0 radical (unpaired) electrons. The van der Waals surface area contributed by atoms with Crippen LogP contribution in [0.4, 0.5) is 11.6 Å². The minimum absolute atomic E-state index is 0.517. The summed E-state index contributed by atoms with van der Waals surface area (Å²) in [7, 11) is 0. The van der Waals surface area contributed by atoms with Gasteiger partial charge in [0.1, 0.15) is 23.7 Å². The van der Waals surface area contributed by atoms with Gasteiger partial charge < -0.3 is 19.4 Å². The van der Waals surface area contributed by atoms with Crippen molar-refractivity contribution >= 4 is 22.8 Å². The van der Waals surface area contributed by atoms with Gasteiger partial charge in [-0.15, -0.1) is 0 Å². The van der Waals surface area contributed by atoms with Gasteiger partial charge in [0.05, 0.1) is 19.4 Å². The summed E-state index contributed by atoms with van der Waals surface area (Å²) >= 11 is 0. The Balaban J connectivity index is 1.30. The van der Waals surface area contributed by atoms with Crippen molar-refractivity contribution in [2.45, 2.75) is 13.5 Å². The maximum atomic E-state index is 5.96. The quantitative estimate of drug-likeness (QED) is 0.442. The second-order valence-electron chi connectivity index (χ2n) is 7.77. The number of rotatable bonds is 8. The van der Waals surface area contributed by atoms with Crippen LogP contribution in [0, 0.1) is 0 Å². The average Bonchev–Trinajstić information content (AvgIpc) is 3.23. The van der Waals surface area contributed by atoms with E-state index in [4.69, 9.17) is 19.4 Å². The number of nitrogens with zero attached hydrogens (tertiary/aromatic N) is 6. The molecule has 0 unspecified atom stereocenters. The van der Waals surface area contributed by atoms with E-state index in [0.717, 1.165) is 73.4 Å². The number of imidazole rings is 1. The third kappa shape index (κ3) is 4.94. The van der Waals surface area contributed by atoms with Gasteiger partial charge in [-0.1, -0.05) is 6.07 Å². The van der Waals surface area contributed by atoms with Crippen LogP contribution in [0.25, 0.3) is 22.6 Å². The largest absolute Gasteiger partial charge is 0.492 e. The van der Waals surface area contributed by atoms with Gasteiger partial charge in [-0.3, -0.25) is 9.88 Å². The van der Waals surface area contributed by atoms with Crippen molar-refractivity contribution in [2.24, 2.45) is 0 Å². The van der Waals surface area contributed by atoms with Crippen LogP contribution in [-0.4, -0.2) is 68.9 Å². The van der Waals surface area contributed by atoms with E-state index in [-0.39, 0.29) is 0 Å². The molecule has 4 heterocycles. The molecule has 9 nitrogen and oxygen atoms in total. The van der Waals surface area contributed by atoms with Crippen molar-refractivity contribution in [3.63, 3.8) is 0 Å². The van der Waals surface area contributed by atoms with E-state index in [1.807, 2.05) is 36.4 Å². The van der Waals surface area contributed by atoms with Gasteiger partial charge in [0.25, 0.3) is 0 Å². The summed E-state index contributed by atoms with van der Waals surface area (Å²) in [5, 5.41) is 3.30. The predicted octanol–water partition coefficient (Wildman–Crippen LogP) is 3.36. The smallest absolute Gasteiger partial charge is 0.229 e. The molecule has 0 saturated carbocycles. The van der Waals surface area contributed by atoms with Crippen LogP contribution < -0.4 is 10.1 Å². The molecule has 3 aromatic heterocycles. The van der Waals surface area contributed by atoms with Gasteiger partial charge in [0.2, 0.25) is 5.95 Å². The molecule has 0 bridgehead atoms. The van der Waals surface area contributed by atoms with Crippen molar-refractivity contribution < 1.29 is 9.47 Å². The first-order valence-corrected chi connectivity index (χ1v) is 11.2. The molecule has 9 heteroatoms. The van der Waals surface area contributed by atoms with Crippen LogP contribution in [0.3, 0.4) is 0 Å². The Morgan fingerprint density at radius 3 is 2.76 bits per heavy atom. The Morgan fingerprint density at radius 1 is 1.09 bits per heavy atom. The molecule has 4 aromatic rings. The Morgan fingerprint density at radius 2 is 1.94 bits per heavy atom. The number of anilines is 2. The molecule has 0 aliphatic carbocycles. The first-order valence-electron chi connectivity index (χ1n) is 11.2. The number of morpholine rings is 1. The highest BCUT2D eigenvalue weighted by atomic mass is 16.5. The molecule has 1 aromatic carbocycles. The molecule has 1 N–H and O–H groups in total. The molecular weight excluding hydrogens is 418 g/mol. The summed E-state index contributed by atoms with van der Waals surface area (Å²) in [4.78, 5) is 20.4. The van der Waals surface area contributed by atoms with Crippen LogP contribution in [0.2, 0.25) is 0 Å². The lowest BCUT2D eigenvalue weighted by atomic mass is 10.2.